The number of aromatic hydroxyl groups is 2. The van der Waals surface area contributed by atoms with Gasteiger partial charge in [-0.3, -0.25) is 9.80 Å². The molecule has 0 bridgehead atoms. The van der Waals surface area contributed by atoms with Gasteiger partial charge in [-0.25, -0.2) is 4.98 Å². The first kappa shape index (κ1) is 22.0. The number of benzene rings is 4. The molecule has 1 heterocycles. The molecule has 0 amide bonds. The second-order valence-electron chi connectivity index (χ2n) is 7.77. The molecule has 5 rings (SSSR count). The van der Waals surface area contributed by atoms with E-state index in [-0.39, 0.29) is 23.6 Å². The lowest BCUT2D eigenvalue weighted by molar-refractivity contribution is 0.403. The van der Waals surface area contributed by atoms with Crippen molar-refractivity contribution in [2.24, 2.45) is 0 Å². The van der Waals surface area contributed by atoms with E-state index in [4.69, 9.17) is 4.98 Å². The molecule has 0 atom stereocenters. The fourth-order valence-corrected chi connectivity index (χ4v) is 4.50. The average molecular weight is 561 g/mol. The zero-order valence-corrected chi connectivity index (χ0v) is 20.1. The Hall–Kier alpha value is -3.85. The topological polar surface area (TPSA) is 78.6 Å². The Morgan fingerprint density at radius 1 is 0.824 bits per heavy atom. The number of anilines is 1. The summed E-state index contributed by atoms with van der Waals surface area (Å²) in [5.41, 5.74) is 2.75. The van der Waals surface area contributed by atoms with Crippen molar-refractivity contribution < 1.29 is 10.2 Å². The molecule has 0 unspecified atom stereocenters. The van der Waals surface area contributed by atoms with Crippen LogP contribution in [0.3, 0.4) is 0 Å². The van der Waals surface area contributed by atoms with E-state index in [2.05, 4.69) is 22.6 Å². The maximum absolute atomic E-state index is 14.0. The van der Waals surface area contributed by atoms with Crippen LogP contribution in [0.2, 0.25) is 0 Å². The number of halogens is 1. The van der Waals surface area contributed by atoms with Gasteiger partial charge in [-0.05, 0) is 64.6 Å². The van der Waals surface area contributed by atoms with E-state index in [0.29, 0.717) is 22.3 Å². The SMILES string of the molecule is O=c1c2cccc(I)c2nc(-c2ccccc2)n1N(Cc1ccc(O)c(O)c1)c1ccccc1. The van der Waals surface area contributed by atoms with Gasteiger partial charge in [0.2, 0.25) is 0 Å². The molecule has 0 saturated carbocycles. The summed E-state index contributed by atoms with van der Waals surface area (Å²) >= 11 is 2.20. The van der Waals surface area contributed by atoms with Crippen LogP contribution in [0.1, 0.15) is 5.56 Å². The molecule has 0 aliphatic carbocycles. The Kier molecular flexibility index (Phi) is 5.93. The van der Waals surface area contributed by atoms with Crippen LogP contribution in [0.15, 0.2) is 102 Å². The second-order valence-corrected chi connectivity index (χ2v) is 8.93. The molecular weight excluding hydrogens is 541 g/mol. The van der Waals surface area contributed by atoms with E-state index >= 15 is 0 Å². The summed E-state index contributed by atoms with van der Waals surface area (Å²) < 4.78 is 2.48. The van der Waals surface area contributed by atoms with Crippen LogP contribution in [-0.4, -0.2) is 19.9 Å². The van der Waals surface area contributed by atoms with Gasteiger partial charge in [-0.1, -0.05) is 60.7 Å². The molecule has 0 radical (unpaired) electrons. The molecule has 168 valence electrons. The highest BCUT2D eigenvalue weighted by Gasteiger charge is 2.21. The molecule has 4 aromatic carbocycles. The number of fused-ring (bicyclic) bond motifs is 1. The van der Waals surface area contributed by atoms with E-state index in [9.17, 15) is 15.0 Å². The first-order valence-electron chi connectivity index (χ1n) is 10.6. The Morgan fingerprint density at radius 2 is 1.53 bits per heavy atom. The smallest absolute Gasteiger partial charge is 0.280 e. The molecule has 6 nitrogen and oxygen atoms in total. The van der Waals surface area contributed by atoms with Crippen LogP contribution in [0.25, 0.3) is 22.3 Å². The molecule has 0 fully saturated rings. The highest BCUT2D eigenvalue weighted by molar-refractivity contribution is 14.1. The average Bonchev–Trinajstić information content (AvgIpc) is 2.86. The molecule has 7 heteroatoms. The summed E-state index contributed by atoms with van der Waals surface area (Å²) in [5.74, 6) is 0.0977. The van der Waals surface area contributed by atoms with Gasteiger partial charge in [-0.2, -0.15) is 4.68 Å². The third kappa shape index (κ3) is 4.10. The minimum atomic E-state index is -0.215. The lowest BCUT2D eigenvalue weighted by Crippen LogP contribution is -2.40. The molecule has 5 aromatic rings. The highest BCUT2D eigenvalue weighted by Crippen LogP contribution is 2.29. The fourth-order valence-electron chi connectivity index (χ4n) is 3.88. The lowest BCUT2D eigenvalue weighted by Gasteiger charge is -2.29. The fraction of sp³-hybridized carbons (Fsp3) is 0.0370. The Bertz CT molecular complexity index is 1540. The largest absolute Gasteiger partial charge is 0.504 e. The Balaban J connectivity index is 1.81. The van der Waals surface area contributed by atoms with Crippen molar-refractivity contribution in [3.05, 3.63) is 117 Å². The van der Waals surface area contributed by atoms with E-state index in [1.165, 1.54) is 12.1 Å². The number of phenolic OH excluding ortho intramolecular Hbond substituents is 2. The predicted octanol–water partition coefficient (Wildman–Crippen LogP) is 5.55. The van der Waals surface area contributed by atoms with Gasteiger partial charge < -0.3 is 10.2 Å². The predicted molar refractivity (Wildman–Crippen MR) is 142 cm³/mol. The molecule has 2 N–H and O–H groups in total. The van der Waals surface area contributed by atoms with E-state index < -0.39 is 0 Å². The van der Waals surface area contributed by atoms with E-state index in [1.54, 1.807) is 16.8 Å². The summed E-state index contributed by atoms with van der Waals surface area (Å²) in [6, 6.07) is 29.4. The Morgan fingerprint density at radius 3 is 2.24 bits per heavy atom. The summed E-state index contributed by atoms with van der Waals surface area (Å²) in [7, 11) is 0. The van der Waals surface area contributed by atoms with E-state index in [0.717, 1.165) is 14.8 Å². The highest BCUT2D eigenvalue weighted by atomic mass is 127. The number of rotatable bonds is 5. The number of para-hydroxylation sites is 2. The third-order valence-electron chi connectivity index (χ3n) is 5.53. The number of hydrogen-bond acceptors (Lipinski definition) is 5. The maximum atomic E-state index is 14.0. The van der Waals surface area contributed by atoms with Crippen LogP contribution >= 0.6 is 22.6 Å². The van der Waals surface area contributed by atoms with Gasteiger partial charge in [0.1, 0.15) is 0 Å². The number of phenols is 2. The number of nitrogens with zero attached hydrogens (tertiary/aromatic N) is 3. The summed E-state index contributed by atoms with van der Waals surface area (Å²) in [6.07, 6.45) is 0. The summed E-state index contributed by atoms with van der Waals surface area (Å²) in [4.78, 5) is 18.9. The zero-order valence-electron chi connectivity index (χ0n) is 18.0. The van der Waals surface area contributed by atoms with Crippen LogP contribution < -0.4 is 10.6 Å². The van der Waals surface area contributed by atoms with Crippen LogP contribution in [-0.2, 0) is 6.54 Å². The van der Waals surface area contributed by atoms with Crippen LogP contribution in [0.5, 0.6) is 11.5 Å². The van der Waals surface area contributed by atoms with Gasteiger partial charge in [0, 0.05) is 9.13 Å². The summed E-state index contributed by atoms with van der Waals surface area (Å²) in [6.45, 7) is 0.259. The van der Waals surface area contributed by atoms with Gasteiger partial charge in [0.15, 0.2) is 17.3 Å². The van der Waals surface area contributed by atoms with Crippen molar-refractivity contribution in [1.29, 1.82) is 0 Å². The van der Waals surface area contributed by atoms with Gasteiger partial charge in [0.05, 0.1) is 23.1 Å². The molecule has 0 saturated heterocycles. The molecule has 0 aliphatic heterocycles. The van der Waals surface area contributed by atoms with Gasteiger partial charge >= 0.3 is 0 Å². The van der Waals surface area contributed by atoms with Crippen molar-refractivity contribution >= 4 is 39.2 Å². The molecular formula is C27H20IN3O3. The molecule has 0 spiro atoms. The molecule has 34 heavy (non-hydrogen) atoms. The van der Waals surface area contributed by atoms with Crippen LogP contribution in [0, 0.1) is 3.57 Å². The van der Waals surface area contributed by atoms with Crippen molar-refractivity contribution in [3.8, 4) is 22.9 Å². The van der Waals surface area contributed by atoms with Crippen molar-refractivity contribution in [2.45, 2.75) is 6.54 Å². The van der Waals surface area contributed by atoms with Gasteiger partial charge in [-0.15, -0.1) is 0 Å². The Labute approximate surface area is 209 Å². The minimum Gasteiger partial charge on any atom is -0.504 e. The third-order valence-corrected chi connectivity index (χ3v) is 6.40. The van der Waals surface area contributed by atoms with Crippen molar-refractivity contribution in [3.63, 3.8) is 0 Å². The standard InChI is InChI=1S/C27H20IN3O3/c28-22-13-7-12-21-25(22)29-26(19-8-3-1-4-9-19)31(27(21)34)30(20-10-5-2-6-11-20)17-18-14-15-23(32)24(33)16-18/h1-16,32-33H,17H2. The first-order chi connectivity index (χ1) is 16.5. The van der Waals surface area contributed by atoms with Crippen molar-refractivity contribution in [2.75, 3.05) is 5.01 Å². The maximum Gasteiger partial charge on any atom is 0.280 e. The number of hydrogen-bond donors (Lipinski definition) is 2. The number of aromatic nitrogens is 2. The molecule has 1 aromatic heterocycles. The summed E-state index contributed by atoms with van der Waals surface area (Å²) in [5, 5.41) is 22.2. The normalized spacial score (nSPS) is 11.0. The van der Waals surface area contributed by atoms with Crippen LogP contribution in [0.4, 0.5) is 5.69 Å². The monoisotopic (exact) mass is 561 g/mol. The second kappa shape index (κ2) is 9.18. The van der Waals surface area contributed by atoms with Gasteiger partial charge in [0.25, 0.3) is 5.56 Å². The zero-order chi connectivity index (χ0) is 23.7. The minimum absolute atomic E-state index is 0.195. The quantitative estimate of drug-likeness (QED) is 0.218. The van der Waals surface area contributed by atoms with E-state index in [1.807, 2.05) is 77.8 Å². The van der Waals surface area contributed by atoms with Crippen molar-refractivity contribution in [1.82, 2.24) is 9.66 Å². The lowest BCUT2D eigenvalue weighted by atomic mass is 10.1. The first-order valence-corrected chi connectivity index (χ1v) is 11.7. The molecule has 0 aliphatic rings.